The van der Waals surface area contributed by atoms with Crippen molar-refractivity contribution in [1.82, 2.24) is 4.90 Å². The second-order valence-corrected chi connectivity index (χ2v) is 9.30. The maximum atomic E-state index is 12.6. The number of hydrogen-bond acceptors (Lipinski definition) is 5. The second kappa shape index (κ2) is 15.1. The zero-order chi connectivity index (χ0) is 23.1. The molecule has 1 aliphatic heterocycles. The molecule has 1 aromatic carbocycles. The van der Waals surface area contributed by atoms with Crippen molar-refractivity contribution in [3.63, 3.8) is 0 Å². The molecule has 33 heavy (non-hydrogen) atoms. The Labute approximate surface area is 199 Å². The molecule has 0 unspecified atom stereocenters. The highest BCUT2D eigenvalue weighted by molar-refractivity contribution is 5.98. The molecule has 0 N–H and O–H groups in total. The quantitative estimate of drug-likeness (QED) is 0.189. The number of nitrogens with zero attached hydrogens (tertiary/aromatic N) is 1. The van der Waals surface area contributed by atoms with Crippen LogP contribution in [0.5, 0.6) is 5.75 Å². The van der Waals surface area contributed by atoms with Gasteiger partial charge in [0.2, 0.25) is 0 Å². The molecule has 3 rings (SSSR count). The van der Waals surface area contributed by atoms with Crippen LogP contribution in [0.3, 0.4) is 0 Å². The molecule has 0 saturated carbocycles. The van der Waals surface area contributed by atoms with Crippen LogP contribution in [0.1, 0.15) is 94.5 Å². The second-order valence-electron chi connectivity index (χ2n) is 9.30. The highest BCUT2D eigenvalue weighted by Crippen LogP contribution is 2.29. The number of hydrogen-bond donors (Lipinski definition) is 0. The average molecular weight is 458 g/mol. The predicted molar refractivity (Wildman–Crippen MR) is 134 cm³/mol. The summed E-state index contributed by atoms with van der Waals surface area (Å²) in [6, 6.07) is 7.74. The van der Waals surface area contributed by atoms with Gasteiger partial charge in [-0.3, -0.25) is 9.69 Å². The third-order valence-electron chi connectivity index (χ3n) is 6.55. The fourth-order valence-corrected chi connectivity index (χ4v) is 4.44. The van der Waals surface area contributed by atoms with Crippen LogP contribution in [0, 0.1) is 0 Å². The summed E-state index contributed by atoms with van der Waals surface area (Å²) < 4.78 is 17.3. The van der Waals surface area contributed by atoms with E-state index in [2.05, 4.69) is 11.8 Å². The molecular formula is C28H43NO4. The van der Waals surface area contributed by atoms with Crippen LogP contribution in [0.25, 0.3) is 11.0 Å². The molecule has 0 atom stereocenters. The van der Waals surface area contributed by atoms with E-state index in [0.717, 1.165) is 50.4 Å². The molecule has 2 heterocycles. The van der Waals surface area contributed by atoms with E-state index >= 15 is 0 Å². The Morgan fingerprint density at radius 3 is 2.30 bits per heavy atom. The van der Waals surface area contributed by atoms with Gasteiger partial charge in [0.1, 0.15) is 0 Å². The summed E-state index contributed by atoms with van der Waals surface area (Å²) in [5, 5.41) is 0.932. The van der Waals surface area contributed by atoms with Gasteiger partial charge in [-0.1, -0.05) is 83.3 Å². The Morgan fingerprint density at radius 1 is 0.939 bits per heavy atom. The van der Waals surface area contributed by atoms with Crippen molar-refractivity contribution in [2.75, 3.05) is 39.5 Å². The minimum atomic E-state index is 0.0500. The molecule has 0 aliphatic carbocycles. The molecule has 2 aromatic rings. The van der Waals surface area contributed by atoms with Gasteiger partial charge in [0.05, 0.1) is 19.8 Å². The van der Waals surface area contributed by atoms with Gasteiger partial charge < -0.3 is 13.9 Å². The molecular weight excluding hydrogens is 414 g/mol. The molecule has 1 fully saturated rings. The van der Waals surface area contributed by atoms with Crippen LogP contribution in [-0.4, -0.2) is 50.1 Å². The molecule has 0 spiro atoms. The summed E-state index contributed by atoms with van der Waals surface area (Å²) in [7, 11) is 0. The first kappa shape index (κ1) is 25.8. The van der Waals surface area contributed by atoms with Gasteiger partial charge in [-0.2, -0.15) is 0 Å². The number of ketones is 1. The molecule has 5 nitrogen and oxygen atoms in total. The molecule has 0 amide bonds. The summed E-state index contributed by atoms with van der Waals surface area (Å²) in [5.74, 6) is 1.23. The van der Waals surface area contributed by atoms with E-state index in [0.29, 0.717) is 24.4 Å². The third kappa shape index (κ3) is 9.13. The fourth-order valence-electron chi connectivity index (χ4n) is 4.44. The zero-order valence-corrected chi connectivity index (χ0v) is 20.6. The summed E-state index contributed by atoms with van der Waals surface area (Å²) >= 11 is 0. The largest absolute Gasteiger partial charge is 0.490 e. The minimum Gasteiger partial charge on any atom is -0.490 e. The molecule has 5 heteroatoms. The standard InChI is InChI=1S/C28H43NO4/c1-2-3-4-5-6-7-8-9-10-11-12-20-32-26-15-13-14-24-23-27(33-28(24)26)25(30)16-17-29-18-21-31-22-19-29/h13-15,23H,2-12,16-22H2,1H3. The van der Waals surface area contributed by atoms with Gasteiger partial charge in [-0.25, -0.2) is 0 Å². The summed E-state index contributed by atoms with van der Waals surface area (Å²) in [5.41, 5.74) is 0.690. The topological polar surface area (TPSA) is 51.9 Å². The first-order valence-electron chi connectivity index (χ1n) is 13.3. The zero-order valence-electron chi connectivity index (χ0n) is 20.6. The molecule has 184 valence electrons. The number of ether oxygens (including phenoxy) is 2. The van der Waals surface area contributed by atoms with Crippen LogP contribution in [0.4, 0.5) is 0 Å². The van der Waals surface area contributed by atoms with Crippen LogP contribution in [-0.2, 0) is 4.74 Å². The Hall–Kier alpha value is -1.85. The molecule has 0 bridgehead atoms. The van der Waals surface area contributed by atoms with Gasteiger partial charge in [-0.15, -0.1) is 0 Å². The maximum Gasteiger partial charge on any atom is 0.199 e. The number of benzene rings is 1. The van der Waals surface area contributed by atoms with Crippen molar-refractivity contribution in [2.24, 2.45) is 0 Å². The van der Waals surface area contributed by atoms with Crippen LogP contribution < -0.4 is 4.74 Å². The van der Waals surface area contributed by atoms with Gasteiger partial charge in [-0.05, 0) is 18.6 Å². The van der Waals surface area contributed by atoms with Gasteiger partial charge in [0, 0.05) is 31.4 Å². The lowest BCUT2D eigenvalue weighted by Gasteiger charge is -2.25. The summed E-state index contributed by atoms with van der Waals surface area (Å²) in [6.07, 6.45) is 15.0. The van der Waals surface area contributed by atoms with Crippen molar-refractivity contribution in [3.8, 4) is 5.75 Å². The number of carbonyl (C=O) groups excluding carboxylic acids is 1. The molecule has 1 aliphatic rings. The molecule has 0 radical (unpaired) electrons. The number of furan rings is 1. The van der Waals surface area contributed by atoms with Crippen molar-refractivity contribution in [2.45, 2.75) is 84.0 Å². The van der Waals surface area contributed by atoms with Gasteiger partial charge in [0.25, 0.3) is 0 Å². The van der Waals surface area contributed by atoms with Crippen LogP contribution in [0.15, 0.2) is 28.7 Å². The Kier molecular flexibility index (Phi) is 11.8. The van der Waals surface area contributed by atoms with E-state index in [4.69, 9.17) is 13.9 Å². The Morgan fingerprint density at radius 2 is 1.61 bits per heavy atom. The van der Waals surface area contributed by atoms with Crippen molar-refractivity contribution in [3.05, 3.63) is 30.0 Å². The van der Waals surface area contributed by atoms with E-state index in [-0.39, 0.29) is 5.78 Å². The first-order chi connectivity index (χ1) is 16.3. The minimum absolute atomic E-state index is 0.0500. The number of fused-ring (bicyclic) bond motifs is 1. The van der Waals surface area contributed by atoms with Crippen molar-refractivity contribution >= 4 is 16.8 Å². The van der Waals surface area contributed by atoms with E-state index < -0.39 is 0 Å². The van der Waals surface area contributed by atoms with E-state index in [9.17, 15) is 4.79 Å². The number of rotatable bonds is 17. The average Bonchev–Trinajstić information content (AvgIpc) is 3.29. The molecule has 1 saturated heterocycles. The normalized spacial score (nSPS) is 14.7. The lowest BCUT2D eigenvalue weighted by molar-refractivity contribution is 0.0368. The van der Waals surface area contributed by atoms with Gasteiger partial charge >= 0.3 is 0 Å². The highest BCUT2D eigenvalue weighted by atomic mass is 16.5. The van der Waals surface area contributed by atoms with Gasteiger partial charge in [0.15, 0.2) is 22.9 Å². The van der Waals surface area contributed by atoms with Crippen molar-refractivity contribution < 1.29 is 18.7 Å². The van der Waals surface area contributed by atoms with E-state index in [1.54, 1.807) is 0 Å². The maximum absolute atomic E-state index is 12.6. The number of para-hydroxylation sites is 1. The monoisotopic (exact) mass is 457 g/mol. The Balaban J connectivity index is 1.33. The fraction of sp³-hybridized carbons (Fsp3) is 0.679. The predicted octanol–water partition coefficient (Wildman–Crippen LogP) is 7.03. The highest BCUT2D eigenvalue weighted by Gasteiger charge is 2.17. The van der Waals surface area contributed by atoms with E-state index in [1.165, 1.54) is 64.2 Å². The third-order valence-corrected chi connectivity index (χ3v) is 6.55. The smallest absolute Gasteiger partial charge is 0.199 e. The van der Waals surface area contributed by atoms with E-state index in [1.807, 2.05) is 24.3 Å². The number of morpholine rings is 1. The lowest BCUT2D eigenvalue weighted by atomic mass is 10.1. The summed E-state index contributed by atoms with van der Waals surface area (Å²) in [6.45, 7) is 7.00. The summed E-state index contributed by atoms with van der Waals surface area (Å²) in [4.78, 5) is 14.9. The lowest BCUT2D eigenvalue weighted by Crippen LogP contribution is -2.37. The van der Waals surface area contributed by atoms with Crippen LogP contribution >= 0.6 is 0 Å². The molecule has 1 aromatic heterocycles. The Bertz CT molecular complexity index is 809. The number of Topliss-reactive ketones (excluding diaryl/α,β-unsaturated/α-hetero) is 1. The van der Waals surface area contributed by atoms with Crippen LogP contribution in [0.2, 0.25) is 0 Å². The number of unbranched alkanes of at least 4 members (excludes halogenated alkanes) is 10. The SMILES string of the molecule is CCCCCCCCCCCCCOc1cccc2cc(C(=O)CCN3CCOCC3)oc12. The van der Waals surface area contributed by atoms with Crippen molar-refractivity contribution in [1.29, 1.82) is 0 Å². The number of carbonyl (C=O) groups is 1. The first-order valence-corrected chi connectivity index (χ1v) is 13.3.